The molecule has 0 radical (unpaired) electrons. The third-order valence-electron chi connectivity index (χ3n) is 2.39. The Morgan fingerprint density at radius 2 is 2.00 bits per heavy atom. The van der Waals surface area contributed by atoms with Gasteiger partial charge in [-0.2, -0.15) is 0 Å². The lowest BCUT2D eigenvalue weighted by Crippen LogP contribution is -2.34. The Balaban J connectivity index is 2.68. The van der Waals surface area contributed by atoms with E-state index in [0.717, 1.165) is 0 Å². The summed E-state index contributed by atoms with van der Waals surface area (Å²) in [6.07, 6.45) is 1.45. The Labute approximate surface area is 74.8 Å². The second-order valence-corrected chi connectivity index (χ2v) is 3.12. The van der Waals surface area contributed by atoms with Crippen molar-refractivity contribution in [3.05, 3.63) is 12.7 Å². The van der Waals surface area contributed by atoms with Gasteiger partial charge < -0.3 is 15.9 Å². The minimum absolute atomic E-state index is 0.302. The van der Waals surface area contributed by atoms with Crippen LogP contribution < -0.4 is 5.73 Å². The molecular weight excluding hydrogens is 174 g/mol. The first-order chi connectivity index (χ1) is 6.00. The molecule has 1 rings (SSSR count). The van der Waals surface area contributed by atoms with Gasteiger partial charge in [-0.25, -0.2) is 0 Å². The quantitative estimate of drug-likeness (QED) is 0.514. The molecule has 5 heteroatoms. The minimum atomic E-state index is -1.17. The molecule has 4 atom stereocenters. The second-order valence-electron chi connectivity index (χ2n) is 3.12. The van der Waals surface area contributed by atoms with Crippen LogP contribution in [0.25, 0.3) is 0 Å². The molecule has 4 N–H and O–H groups in total. The molecule has 13 heavy (non-hydrogen) atoms. The largest absolute Gasteiger partial charge is 0.481 e. The van der Waals surface area contributed by atoms with Crippen LogP contribution in [0.15, 0.2) is 12.7 Å². The average molecular weight is 185 g/mol. The van der Waals surface area contributed by atoms with Crippen LogP contribution in [0.3, 0.4) is 0 Å². The van der Waals surface area contributed by atoms with Crippen LogP contribution in [-0.2, 0) is 9.59 Å². The molecule has 1 fully saturated rings. The number of carboxylic acid groups (broad SMARTS) is 2. The molecule has 5 nitrogen and oxygen atoms in total. The van der Waals surface area contributed by atoms with Crippen LogP contribution in [0.4, 0.5) is 0 Å². The highest BCUT2D eigenvalue weighted by Crippen LogP contribution is 2.48. The third kappa shape index (κ3) is 1.55. The van der Waals surface area contributed by atoms with Gasteiger partial charge in [0.15, 0.2) is 0 Å². The van der Waals surface area contributed by atoms with Gasteiger partial charge in [0, 0.05) is 5.92 Å². The van der Waals surface area contributed by atoms with Crippen LogP contribution in [-0.4, -0.2) is 28.2 Å². The third-order valence-corrected chi connectivity index (χ3v) is 2.39. The molecule has 0 aliphatic heterocycles. The molecule has 0 aromatic rings. The van der Waals surface area contributed by atoms with Crippen LogP contribution in [0, 0.1) is 17.8 Å². The zero-order valence-corrected chi connectivity index (χ0v) is 6.88. The molecule has 0 saturated heterocycles. The summed E-state index contributed by atoms with van der Waals surface area (Å²) in [5, 5.41) is 17.2. The highest BCUT2D eigenvalue weighted by Gasteiger charge is 2.57. The molecule has 1 aliphatic carbocycles. The number of carboxylic acids is 2. The highest BCUT2D eigenvalue weighted by atomic mass is 16.4. The summed E-state index contributed by atoms with van der Waals surface area (Å²) in [4.78, 5) is 21.0. The number of rotatable bonds is 4. The van der Waals surface area contributed by atoms with Gasteiger partial charge in [-0.1, -0.05) is 6.08 Å². The van der Waals surface area contributed by atoms with Gasteiger partial charge in [0.25, 0.3) is 0 Å². The number of hydrogen-bond donors (Lipinski definition) is 3. The Hall–Kier alpha value is -1.36. The minimum Gasteiger partial charge on any atom is -0.481 e. The first-order valence-corrected chi connectivity index (χ1v) is 3.84. The van der Waals surface area contributed by atoms with Crippen LogP contribution in [0.5, 0.6) is 0 Å². The second kappa shape index (κ2) is 3.18. The summed E-state index contributed by atoms with van der Waals surface area (Å²) in [5.41, 5.74) is 5.31. The monoisotopic (exact) mass is 185 g/mol. The van der Waals surface area contributed by atoms with Crippen molar-refractivity contribution < 1.29 is 19.8 Å². The SMILES string of the molecule is C=CC1C(C(=O)O)C1C(N)C(=O)O. The van der Waals surface area contributed by atoms with Crippen LogP contribution >= 0.6 is 0 Å². The summed E-state index contributed by atoms with van der Waals surface area (Å²) in [6.45, 7) is 3.44. The Morgan fingerprint density at radius 3 is 2.23 bits per heavy atom. The molecule has 0 aromatic heterocycles. The van der Waals surface area contributed by atoms with Crippen molar-refractivity contribution >= 4 is 11.9 Å². The van der Waals surface area contributed by atoms with Crippen molar-refractivity contribution in [2.45, 2.75) is 6.04 Å². The molecule has 72 valence electrons. The molecule has 0 aromatic carbocycles. The number of hydrogen-bond acceptors (Lipinski definition) is 3. The standard InChI is InChI=1S/C8H11NO4/c1-2-3-4(5(3)7(10)11)6(9)8(12)13/h2-6H,1,9H2,(H,10,11)(H,12,13). The van der Waals surface area contributed by atoms with Gasteiger partial charge >= 0.3 is 11.9 Å². The van der Waals surface area contributed by atoms with Crippen molar-refractivity contribution in [1.29, 1.82) is 0 Å². The van der Waals surface area contributed by atoms with E-state index >= 15 is 0 Å². The van der Waals surface area contributed by atoms with Gasteiger partial charge in [-0.05, 0) is 5.92 Å². The number of aliphatic carboxylic acids is 2. The van der Waals surface area contributed by atoms with E-state index in [1.807, 2.05) is 0 Å². The fraction of sp³-hybridized carbons (Fsp3) is 0.500. The Bertz CT molecular complexity index is 263. The summed E-state index contributed by atoms with van der Waals surface area (Å²) in [7, 11) is 0. The number of carbonyl (C=O) groups is 2. The van der Waals surface area contributed by atoms with Gasteiger partial charge in [-0.3, -0.25) is 9.59 Å². The predicted octanol–water partition coefficient (Wildman–Crippen LogP) is -0.469. The summed E-state index contributed by atoms with van der Waals surface area (Å²) in [6, 6.07) is -1.11. The van der Waals surface area contributed by atoms with E-state index in [1.165, 1.54) is 6.08 Å². The smallest absolute Gasteiger partial charge is 0.320 e. The van der Waals surface area contributed by atoms with Crippen molar-refractivity contribution in [2.24, 2.45) is 23.5 Å². The lowest BCUT2D eigenvalue weighted by atomic mass is 10.1. The fourth-order valence-electron chi connectivity index (χ4n) is 1.62. The van der Waals surface area contributed by atoms with Gasteiger partial charge in [-0.15, -0.1) is 6.58 Å². The maximum atomic E-state index is 10.6. The molecule has 0 amide bonds. The van der Waals surface area contributed by atoms with Gasteiger partial charge in [0.2, 0.25) is 0 Å². The molecule has 4 unspecified atom stereocenters. The zero-order chi connectivity index (χ0) is 10.2. The zero-order valence-electron chi connectivity index (χ0n) is 6.88. The normalized spacial score (nSPS) is 33.5. The molecular formula is C8H11NO4. The summed E-state index contributed by atoms with van der Waals surface area (Å²) in [5.74, 6) is -3.66. The number of nitrogens with two attached hydrogens (primary N) is 1. The van der Waals surface area contributed by atoms with Crippen LogP contribution in [0.1, 0.15) is 0 Å². The first-order valence-electron chi connectivity index (χ1n) is 3.84. The molecule has 1 saturated carbocycles. The Kier molecular flexibility index (Phi) is 2.38. The lowest BCUT2D eigenvalue weighted by Gasteiger charge is -2.02. The molecule has 0 spiro atoms. The predicted molar refractivity (Wildman–Crippen MR) is 43.9 cm³/mol. The van der Waals surface area contributed by atoms with E-state index in [-0.39, 0.29) is 5.92 Å². The number of allylic oxidation sites excluding steroid dienone is 1. The van der Waals surface area contributed by atoms with Crippen molar-refractivity contribution in [3.8, 4) is 0 Å². The van der Waals surface area contributed by atoms with E-state index < -0.39 is 29.8 Å². The van der Waals surface area contributed by atoms with E-state index in [4.69, 9.17) is 15.9 Å². The highest BCUT2D eigenvalue weighted by molar-refractivity contribution is 5.80. The van der Waals surface area contributed by atoms with Gasteiger partial charge in [0.05, 0.1) is 5.92 Å². The molecule has 1 aliphatic rings. The average Bonchev–Trinajstić information content (AvgIpc) is 2.76. The maximum absolute atomic E-state index is 10.6. The van der Waals surface area contributed by atoms with Crippen LogP contribution in [0.2, 0.25) is 0 Å². The molecule has 0 bridgehead atoms. The lowest BCUT2D eigenvalue weighted by molar-refractivity contribution is -0.140. The van der Waals surface area contributed by atoms with Crippen molar-refractivity contribution in [3.63, 3.8) is 0 Å². The van der Waals surface area contributed by atoms with E-state index in [1.54, 1.807) is 0 Å². The topological polar surface area (TPSA) is 101 Å². The maximum Gasteiger partial charge on any atom is 0.320 e. The van der Waals surface area contributed by atoms with Crippen molar-refractivity contribution in [2.75, 3.05) is 0 Å². The van der Waals surface area contributed by atoms with E-state index in [2.05, 4.69) is 6.58 Å². The first kappa shape index (κ1) is 9.73. The van der Waals surface area contributed by atoms with Crippen molar-refractivity contribution in [1.82, 2.24) is 0 Å². The summed E-state index contributed by atoms with van der Waals surface area (Å²) < 4.78 is 0. The van der Waals surface area contributed by atoms with Gasteiger partial charge in [0.1, 0.15) is 6.04 Å². The molecule has 0 heterocycles. The Morgan fingerprint density at radius 1 is 1.46 bits per heavy atom. The summed E-state index contributed by atoms with van der Waals surface area (Å²) >= 11 is 0. The van der Waals surface area contributed by atoms with E-state index in [9.17, 15) is 9.59 Å². The fourth-order valence-corrected chi connectivity index (χ4v) is 1.62. The van der Waals surface area contributed by atoms with E-state index in [0.29, 0.717) is 0 Å².